The molecule has 2 nitrogen and oxygen atoms in total. The fourth-order valence-electron chi connectivity index (χ4n) is 0.818. The fraction of sp³-hybridized carbons (Fsp3) is 0.333. The van der Waals surface area contributed by atoms with Crippen molar-refractivity contribution in [3.05, 3.63) is 28.5 Å². The van der Waals surface area contributed by atoms with Crippen LogP contribution in [0.5, 0.6) is 5.75 Å². The van der Waals surface area contributed by atoms with E-state index in [-0.39, 0.29) is 18.2 Å². The number of halogens is 3. The first-order valence-electron chi connectivity index (χ1n) is 3.95. The zero-order valence-corrected chi connectivity index (χ0v) is 9.55. The van der Waals surface area contributed by atoms with E-state index in [4.69, 9.17) is 21.4 Å². The summed E-state index contributed by atoms with van der Waals surface area (Å²) >= 11 is 8.54. The Labute approximate surface area is 94.8 Å². The van der Waals surface area contributed by atoms with Crippen molar-refractivity contribution in [2.24, 2.45) is 0 Å². The summed E-state index contributed by atoms with van der Waals surface area (Å²) in [5.74, 6) is -0.297. The molecule has 14 heavy (non-hydrogen) atoms. The first-order valence-corrected chi connectivity index (χ1v) is 5.28. The van der Waals surface area contributed by atoms with Crippen molar-refractivity contribution in [3.8, 4) is 5.75 Å². The summed E-state index contributed by atoms with van der Waals surface area (Å²) in [6.07, 6.45) is -0.782. The largest absolute Gasteiger partial charge is 0.488 e. The molecule has 0 aliphatic rings. The van der Waals surface area contributed by atoms with Crippen LogP contribution >= 0.6 is 27.5 Å². The van der Waals surface area contributed by atoms with E-state index < -0.39 is 11.9 Å². The van der Waals surface area contributed by atoms with Gasteiger partial charge in [0.2, 0.25) is 0 Å². The van der Waals surface area contributed by atoms with Crippen molar-refractivity contribution in [2.45, 2.75) is 6.10 Å². The van der Waals surface area contributed by atoms with Crippen molar-refractivity contribution < 1.29 is 14.2 Å². The van der Waals surface area contributed by atoms with Gasteiger partial charge in [-0.1, -0.05) is 15.9 Å². The maximum absolute atomic E-state index is 13.1. The van der Waals surface area contributed by atoms with Crippen LogP contribution in [0.3, 0.4) is 0 Å². The number of benzene rings is 1. The molecule has 1 aromatic rings. The van der Waals surface area contributed by atoms with Gasteiger partial charge < -0.3 is 9.84 Å². The molecule has 0 bridgehead atoms. The van der Waals surface area contributed by atoms with Crippen LogP contribution in [-0.4, -0.2) is 23.7 Å². The molecule has 1 atom stereocenters. The van der Waals surface area contributed by atoms with Gasteiger partial charge in [0.15, 0.2) is 11.6 Å². The molecular formula is C9H9BrClFO2. The number of aliphatic hydroxyl groups is 1. The number of aliphatic hydroxyl groups excluding tert-OH is 1. The van der Waals surface area contributed by atoms with Gasteiger partial charge in [0.1, 0.15) is 12.7 Å². The van der Waals surface area contributed by atoms with E-state index in [0.29, 0.717) is 4.47 Å². The highest BCUT2D eigenvalue weighted by Crippen LogP contribution is 2.22. The van der Waals surface area contributed by atoms with Gasteiger partial charge in [0, 0.05) is 4.47 Å². The first kappa shape index (κ1) is 11.8. The molecule has 0 saturated heterocycles. The van der Waals surface area contributed by atoms with Crippen LogP contribution in [0.2, 0.25) is 0 Å². The fourth-order valence-corrected chi connectivity index (χ4v) is 1.25. The Morgan fingerprint density at radius 1 is 1.57 bits per heavy atom. The van der Waals surface area contributed by atoms with E-state index in [1.165, 1.54) is 12.1 Å². The minimum atomic E-state index is -0.782. The minimum Gasteiger partial charge on any atom is -0.488 e. The highest BCUT2D eigenvalue weighted by Gasteiger charge is 2.07. The molecule has 0 aliphatic heterocycles. The molecule has 0 spiro atoms. The van der Waals surface area contributed by atoms with Crippen LogP contribution in [0.15, 0.2) is 22.7 Å². The van der Waals surface area contributed by atoms with Gasteiger partial charge >= 0.3 is 0 Å². The van der Waals surface area contributed by atoms with Gasteiger partial charge in [-0.3, -0.25) is 0 Å². The Bertz CT molecular complexity index is 309. The maximum atomic E-state index is 13.1. The van der Waals surface area contributed by atoms with Crippen LogP contribution in [0.4, 0.5) is 4.39 Å². The summed E-state index contributed by atoms with van der Waals surface area (Å²) in [4.78, 5) is 0. The molecule has 1 rings (SSSR count). The molecular weight excluding hydrogens is 274 g/mol. The Morgan fingerprint density at radius 3 is 2.93 bits per heavy atom. The SMILES string of the molecule is OC(CCl)COc1cc(Br)ccc1F. The van der Waals surface area contributed by atoms with Gasteiger partial charge in [-0.2, -0.15) is 0 Å². The molecule has 0 amide bonds. The molecule has 5 heteroatoms. The van der Waals surface area contributed by atoms with E-state index in [1.807, 2.05) is 0 Å². The van der Waals surface area contributed by atoms with E-state index in [2.05, 4.69) is 15.9 Å². The summed E-state index contributed by atoms with van der Waals surface area (Å²) in [5, 5.41) is 9.09. The summed E-state index contributed by atoms with van der Waals surface area (Å²) in [6.45, 7) is -0.0170. The van der Waals surface area contributed by atoms with Gasteiger partial charge in [0.25, 0.3) is 0 Å². The summed E-state index contributed by atoms with van der Waals surface area (Å²) in [6, 6.07) is 4.35. The predicted molar refractivity (Wildman–Crippen MR) is 56.3 cm³/mol. The molecule has 0 fully saturated rings. The smallest absolute Gasteiger partial charge is 0.165 e. The zero-order valence-electron chi connectivity index (χ0n) is 7.21. The monoisotopic (exact) mass is 282 g/mol. The number of hydrogen-bond acceptors (Lipinski definition) is 2. The predicted octanol–water partition coefficient (Wildman–Crippen LogP) is 2.57. The molecule has 0 aromatic heterocycles. The standard InChI is InChI=1S/C9H9BrClFO2/c10-6-1-2-8(12)9(3-6)14-5-7(13)4-11/h1-3,7,13H,4-5H2. The third kappa shape index (κ3) is 3.44. The molecule has 1 unspecified atom stereocenters. The average Bonchev–Trinajstić information content (AvgIpc) is 2.19. The summed E-state index contributed by atoms with van der Waals surface area (Å²) < 4.78 is 18.8. The van der Waals surface area contributed by atoms with Gasteiger partial charge in [-0.05, 0) is 18.2 Å². The van der Waals surface area contributed by atoms with E-state index in [9.17, 15) is 4.39 Å². The van der Waals surface area contributed by atoms with Crippen LogP contribution in [-0.2, 0) is 0 Å². The number of ether oxygens (including phenoxy) is 1. The Balaban J connectivity index is 2.62. The highest BCUT2D eigenvalue weighted by molar-refractivity contribution is 9.10. The summed E-state index contributed by atoms with van der Waals surface area (Å²) in [5.41, 5.74) is 0. The Kier molecular flexibility index (Phi) is 4.65. The molecule has 0 saturated carbocycles. The molecule has 1 N–H and O–H groups in total. The van der Waals surface area contributed by atoms with Crippen molar-refractivity contribution in [1.82, 2.24) is 0 Å². The second-order valence-electron chi connectivity index (χ2n) is 2.69. The minimum absolute atomic E-state index is 0.0170. The van der Waals surface area contributed by atoms with Gasteiger partial charge in [-0.15, -0.1) is 11.6 Å². The number of alkyl halides is 1. The lowest BCUT2D eigenvalue weighted by molar-refractivity contribution is 0.122. The number of hydrogen-bond donors (Lipinski definition) is 1. The quantitative estimate of drug-likeness (QED) is 0.861. The maximum Gasteiger partial charge on any atom is 0.165 e. The second kappa shape index (κ2) is 5.53. The lowest BCUT2D eigenvalue weighted by Crippen LogP contribution is -2.19. The van der Waals surface area contributed by atoms with Crippen LogP contribution in [0, 0.1) is 5.82 Å². The highest BCUT2D eigenvalue weighted by atomic mass is 79.9. The van der Waals surface area contributed by atoms with E-state index >= 15 is 0 Å². The average molecular weight is 284 g/mol. The molecule has 1 aromatic carbocycles. The van der Waals surface area contributed by atoms with Crippen molar-refractivity contribution in [3.63, 3.8) is 0 Å². The molecule has 0 heterocycles. The van der Waals surface area contributed by atoms with Crippen molar-refractivity contribution in [2.75, 3.05) is 12.5 Å². The normalized spacial score (nSPS) is 12.6. The first-order chi connectivity index (χ1) is 6.63. The Morgan fingerprint density at radius 2 is 2.29 bits per heavy atom. The third-order valence-electron chi connectivity index (χ3n) is 1.50. The van der Waals surface area contributed by atoms with Crippen LogP contribution in [0.1, 0.15) is 0 Å². The lowest BCUT2D eigenvalue weighted by Gasteiger charge is -2.10. The van der Waals surface area contributed by atoms with E-state index in [1.54, 1.807) is 6.07 Å². The zero-order chi connectivity index (χ0) is 10.6. The van der Waals surface area contributed by atoms with E-state index in [0.717, 1.165) is 0 Å². The van der Waals surface area contributed by atoms with Crippen LogP contribution in [0.25, 0.3) is 0 Å². The number of rotatable bonds is 4. The van der Waals surface area contributed by atoms with Gasteiger partial charge in [0.05, 0.1) is 5.88 Å². The van der Waals surface area contributed by atoms with Crippen LogP contribution < -0.4 is 4.74 Å². The molecule has 78 valence electrons. The van der Waals surface area contributed by atoms with Crippen molar-refractivity contribution >= 4 is 27.5 Å². The Hall–Kier alpha value is -0.320. The molecule has 0 radical (unpaired) electrons. The summed E-state index contributed by atoms with van der Waals surface area (Å²) in [7, 11) is 0. The topological polar surface area (TPSA) is 29.5 Å². The second-order valence-corrected chi connectivity index (χ2v) is 3.92. The lowest BCUT2D eigenvalue weighted by atomic mass is 10.3. The third-order valence-corrected chi connectivity index (χ3v) is 2.35. The molecule has 0 aliphatic carbocycles. The van der Waals surface area contributed by atoms with Gasteiger partial charge in [-0.25, -0.2) is 4.39 Å². The van der Waals surface area contributed by atoms with Crippen molar-refractivity contribution in [1.29, 1.82) is 0 Å².